The van der Waals surface area contributed by atoms with Gasteiger partial charge in [0.25, 0.3) is 0 Å². The molecule has 10 aromatic carbocycles. The first kappa shape index (κ1) is 40.2. The van der Waals surface area contributed by atoms with Gasteiger partial charge in [0.2, 0.25) is 0 Å². The van der Waals surface area contributed by atoms with Crippen LogP contribution in [0.4, 0.5) is 17.1 Å². The highest BCUT2D eigenvalue weighted by molar-refractivity contribution is 6.24. The lowest BCUT2D eigenvalue weighted by Gasteiger charge is -2.35. The van der Waals surface area contributed by atoms with Crippen LogP contribution in [0.2, 0.25) is 0 Å². The average Bonchev–Trinajstić information content (AvgIpc) is 4.14. The van der Waals surface area contributed by atoms with Crippen LogP contribution in [0.5, 0.6) is 0 Å². The summed E-state index contributed by atoms with van der Waals surface area (Å²) in [7, 11) is 0. The molecule has 0 N–H and O–H groups in total. The highest BCUT2D eigenvalue weighted by Crippen LogP contribution is 2.59. The van der Waals surface area contributed by atoms with E-state index in [1.807, 2.05) is 0 Å². The topological polar surface area (TPSA) is 29.5 Å². The summed E-state index contributed by atoms with van der Waals surface area (Å²) in [5.41, 5.74) is 20.9. The lowest BCUT2D eigenvalue weighted by Crippen LogP contribution is -2.29. The molecule has 0 saturated heterocycles. The fourth-order valence-electron chi connectivity index (χ4n) is 13.0. The molecule has 15 rings (SSSR count). The van der Waals surface area contributed by atoms with Crippen molar-refractivity contribution in [1.29, 1.82) is 0 Å². The zero-order valence-electron chi connectivity index (χ0n) is 39.5. The molecule has 0 fully saturated rings. The number of fused-ring (bicyclic) bond motifs is 13. The van der Waals surface area contributed by atoms with Gasteiger partial charge in [0.15, 0.2) is 5.58 Å². The number of para-hydroxylation sites is 2. The van der Waals surface area contributed by atoms with Crippen molar-refractivity contribution in [3.63, 3.8) is 0 Å². The Morgan fingerprint density at radius 3 is 2.00 bits per heavy atom. The van der Waals surface area contributed by atoms with Crippen LogP contribution in [0.25, 0.3) is 88.0 Å². The molecule has 3 heteroatoms. The minimum absolute atomic E-state index is 0.173. The molecule has 336 valence electrons. The van der Waals surface area contributed by atoms with Crippen LogP contribution < -0.4 is 4.90 Å². The summed E-state index contributed by atoms with van der Waals surface area (Å²) in [6.45, 7) is 4.71. The van der Waals surface area contributed by atoms with Crippen molar-refractivity contribution in [2.45, 2.75) is 37.5 Å². The molecule has 3 aliphatic carbocycles. The second kappa shape index (κ2) is 14.9. The molecule has 2 aromatic heterocycles. The minimum Gasteiger partial charge on any atom is -0.456 e. The molecule has 1 atom stereocenters. The van der Waals surface area contributed by atoms with Crippen molar-refractivity contribution >= 4 is 71.7 Å². The maximum Gasteiger partial charge on any atom is 0.159 e. The van der Waals surface area contributed by atoms with Crippen LogP contribution in [0, 0.1) is 0 Å². The standard InChI is InChI=1S/C68H47NO2/c1-67(2)56-28-14-11-24-49(56)51-37-35-48(40-58(51)67)69(47-34-32-42-18-9-10-19-43(42)38-47)60-30-17-27-53-55-41-62-64(54-26-13-16-31-61(54)70-62)63(66(55)71-65(53)60)44-33-36-52-50-25-12-15-29-57(50)68(59(52)39-44,45-20-5-3-6-21-45)46-22-7-4-8-23-46/h3,5-7,9-41H,4,8H2,1-2H3. The minimum atomic E-state index is -0.515. The summed E-state index contributed by atoms with van der Waals surface area (Å²) < 4.78 is 14.5. The third kappa shape index (κ3) is 5.60. The molecule has 0 spiro atoms. The Kier molecular flexibility index (Phi) is 8.46. The molecule has 12 aromatic rings. The molecule has 0 saturated carbocycles. The Morgan fingerprint density at radius 1 is 0.451 bits per heavy atom. The predicted molar refractivity (Wildman–Crippen MR) is 294 cm³/mol. The summed E-state index contributed by atoms with van der Waals surface area (Å²) in [6.07, 6.45) is 9.24. The van der Waals surface area contributed by atoms with Gasteiger partial charge in [-0.25, -0.2) is 0 Å². The van der Waals surface area contributed by atoms with Crippen LogP contribution in [-0.4, -0.2) is 0 Å². The van der Waals surface area contributed by atoms with Crippen molar-refractivity contribution in [3.8, 4) is 33.4 Å². The van der Waals surface area contributed by atoms with Crippen LogP contribution >= 0.6 is 0 Å². The summed E-state index contributed by atoms with van der Waals surface area (Å²) in [4.78, 5) is 2.40. The molecule has 0 amide bonds. The first-order valence-corrected chi connectivity index (χ1v) is 25.0. The first-order valence-electron chi connectivity index (χ1n) is 25.0. The van der Waals surface area contributed by atoms with Crippen molar-refractivity contribution in [2.24, 2.45) is 0 Å². The van der Waals surface area contributed by atoms with E-state index < -0.39 is 5.41 Å². The number of furan rings is 2. The second-order valence-electron chi connectivity index (χ2n) is 20.2. The molecule has 0 radical (unpaired) electrons. The van der Waals surface area contributed by atoms with E-state index in [4.69, 9.17) is 8.83 Å². The molecule has 0 aliphatic heterocycles. The van der Waals surface area contributed by atoms with Crippen molar-refractivity contribution < 1.29 is 8.83 Å². The Balaban J connectivity index is 1.01. The van der Waals surface area contributed by atoms with Crippen molar-refractivity contribution in [1.82, 2.24) is 0 Å². The normalized spacial score (nSPS) is 16.4. The highest BCUT2D eigenvalue weighted by atomic mass is 16.3. The van der Waals surface area contributed by atoms with Crippen LogP contribution in [0.1, 0.15) is 54.5 Å². The number of rotatable bonds is 6. The zero-order chi connectivity index (χ0) is 47.0. The fraction of sp³-hybridized carbons (Fsp3) is 0.0882. The zero-order valence-corrected chi connectivity index (χ0v) is 39.5. The van der Waals surface area contributed by atoms with Crippen molar-refractivity contribution in [3.05, 3.63) is 258 Å². The Bertz CT molecular complexity index is 4270. The first-order chi connectivity index (χ1) is 35.0. The molecule has 0 bridgehead atoms. The molecule has 2 heterocycles. The van der Waals surface area contributed by atoms with Gasteiger partial charge in [0, 0.05) is 43.9 Å². The average molecular weight is 910 g/mol. The van der Waals surface area contributed by atoms with Gasteiger partial charge in [-0.15, -0.1) is 0 Å². The molecule has 3 nitrogen and oxygen atoms in total. The maximum atomic E-state index is 7.62. The summed E-state index contributed by atoms with van der Waals surface area (Å²) in [5, 5.41) is 6.55. The Hall–Kier alpha value is -8.66. The lowest BCUT2D eigenvalue weighted by atomic mass is 9.66. The largest absolute Gasteiger partial charge is 0.456 e. The summed E-state index contributed by atoms with van der Waals surface area (Å²) in [6, 6.07) is 75.9. The molecule has 1 unspecified atom stereocenters. The van der Waals surface area contributed by atoms with E-state index in [2.05, 4.69) is 243 Å². The molecule has 71 heavy (non-hydrogen) atoms. The Morgan fingerprint density at radius 2 is 1.14 bits per heavy atom. The number of hydrogen-bond donors (Lipinski definition) is 0. The Labute approximate surface area is 412 Å². The second-order valence-corrected chi connectivity index (χ2v) is 20.2. The molecule has 3 aliphatic rings. The number of nitrogens with zero attached hydrogens (tertiary/aromatic N) is 1. The lowest BCUT2D eigenvalue weighted by molar-refractivity contribution is 0.660. The number of benzene rings is 10. The predicted octanol–water partition coefficient (Wildman–Crippen LogP) is 18.7. The van der Waals surface area contributed by atoms with Crippen LogP contribution in [0.15, 0.2) is 239 Å². The summed E-state index contributed by atoms with van der Waals surface area (Å²) in [5.74, 6) is 0. The van der Waals surface area contributed by atoms with E-state index in [9.17, 15) is 0 Å². The van der Waals surface area contributed by atoms with Crippen LogP contribution in [-0.2, 0) is 10.8 Å². The van der Waals surface area contributed by atoms with E-state index in [-0.39, 0.29) is 5.41 Å². The third-order valence-corrected chi connectivity index (χ3v) is 16.1. The van der Waals surface area contributed by atoms with Crippen molar-refractivity contribution in [2.75, 3.05) is 4.90 Å². The van der Waals surface area contributed by atoms with Gasteiger partial charge < -0.3 is 13.7 Å². The van der Waals surface area contributed by atoms with Crippen LogP contribution in [0.3, 0.4) is 0 Å². The maximum absolute atomic E-state index is 7.62. The highest BCUT2D eigenvalue weighted by Gasteiger charge is 2.47. The number of allylic oxidation sites excluding steroid dienone is 4. The van der Waals surface area contributed by atoms with E-state index in [0.29, 0.717) is 0 Å². The van der Waals surface area contributed by atoms with Gasteiger partial charge in [0.1, 0.15) is 16.7 Å². The quantitative estimate of drug-likeness (QED) is 0.166. The van der Waals surface area contributed by atoms with E-state index >= 15 is 0 Å². The summed E-state index contributed by atoms with van der Waals surface area (Å²) >= 11 is 0. The van der Waals surface area contributed by atoms with Gasteiger partial charge in [-0.05, 0) is 133 Å². The fourth-order valence-corrected chi connectivity index (χ4v) is 13.0. The van der Waals surface area contributed by atoms with Gasteiger partial charge in [-0.1, -0.05) is 190 Å². The number of hydrogen-bond acceptors (Lipinski definition) is 3. The number of anilines is 3. The SMILES string of the molecule is CC1(C)c2ccccc2-c2ccc(N(c3ccc4ccccc4c3)c3cccc4c3oc3c(-c5ccc6c(c5)C(C5=CCCC=C5)(c5ccccc5)c5ccccc5-6)c5c(cc34)oc3ccccc35)cc21. The van der Waals surface area contributed by atoms with E-state index in [0.717, 1.165) is 84.9 Å². The molecular weight excluding hydrogens is 863 g/mol. The smallest absolute Gasteiger partial charge is 0.159 e. The van der Waals surface area contributed by atoms with Gasteiger partial charge in [0.05, 0.1) is 11.1 Å². The van der Waals surface area contributed by atoms with E-state index in [1.54, 1.807) is 0 Å². The van der Waals surface area contributed by atoms with E-state index in [1.165, 1.54) is 66.4 Å². The van der Waals surface area contributed by atoms with Gasteiger partial charge in [-0.3, -0.25) is 0 Å². The molecular formula is C68H47NO2. The van der Waals surface area contributed by atoms with Gasteiger partial charge >= 0.3 is 0 Å². The third-order valence-electron chi connectivity index (χ3n) is 16.1. The monoisotopic (exact) mass is 909 g/mol. The van der Waals surface area contributed by atoms with Gasteiger partial charge in [-0.2, -0.15) is 0 Å².